The van der Waals surface area contributed by atoms with E-state index in [4.69, 9.17) is 14.8 Å². The van der Waals surface area contributed by atoms with Crippen LogP contribution in [0.5, 0.6) is 0 Å². The van der Waals surface area contributed by atoms with Crippen molar-refractivity contribution in [3.8, 4) is 0 Å². The lowest BCUT2D eigenvalue weighted by atomic mass is 10.1. The molecule has 0 unspecified atom stereocenters. The molecule has 0 aromatic carbocycles. The van der Waals surface area contributed by atoms with Gasteiger partial charge in [-0.2, -0.15) is 4.98 Å². The Labute approximate surface area is 220 Å². The van der Waals surface area contributed by atoms with Crippen LogP contribution in [0.1, 0.15) is 49.8 Å². The van der Waals surface area contributed by atoms with Gasteiger partial charge in [-0.05, 0) is 50.5 Å². The van der Waals surface area contributed by atoms with Gasteiger partial charge in [0.15, 0.2) is 0 Å². The molecule has 0 bridgehead atoms. The molecular formula is C27H33N7O4. The Morgan fingerprint density at radius 2 is 1.92 bits per heavy atom. The number of rotatable bonds is 7. The van der Waals surface area contributed by atoms with E-state index in [1.807, 2.05) is 30.5 Å². The van der Waals surface area contributed by atoms with Gasteiger partial charge in [0.25, 0.3) is 5.56 Å². The number of hydrogen-bond acceptors (Lipinski definition) is 8. The molecule has 3 aromatic heterocycles. The number of carboxylic acid groups (broad SMARTS) is 1. The van der Waals surface area contributed by atoms with Crippen LogP contribution in [0.25, 0.3) is 17.1 Å². The predicted octanol–water partition coefficient (Wildman–Crippen LogP) is 4.16. The predicted molar refractivity (Wildman–Crippen MR) is 146 cm³/mol. The number of aromatic nitrogens is 4. The molecule has 2 fully saturated rings. The SMILES string of the molecule is CCO/C=C/c1c(C)c2cnc(Nc3ccc(N4CCN(C(=O)O)CC4)cn3)nc2n(C2CCCC2)c1=O. The fourth-order valence-electron chi connectivity index (χ4n) is 5.24. The van der Waals surface area contributed by atoms with Gasteiger partial charge >= 0.3 is 6.09 Å². The largest absolute Gasteiger partial charge is 0.501 e. The smallest absolute Gasteiger partial charge is 0.407 e. The zero-order valence-electron chi connectivity index (χ0n) is 21.8. The van der Waals surface area contributed by atoms with E-state index in [0.717, 1.165) is 42.3 Å². The first-order valence-electron chi connectivity index (χ1n) is 13.1. The van der Waals surface area contributed by atoms with Crippen molar-refractivity contribution in [1.82, 2.24) is 24.4 Å². The van der Waals surface area contributed by atoms with Crippen molar-refractivity contribution >= 4 is 40.7 Å². The Balaban J connectivity index is 1.42. The number of pyridine rings is 2. The molecule has 0 radical (unpaired) electrons. The Bertz CT molecular complexity index is 1390. The van der Waals surface area contributed by atoms with Gasteiger partial charge in [-0.25, -0.2) is 14.8 Å². The van der Waals surface area contributed by atoms with Crippen molar-refractivity contribution in [3.63, 3.8) is 0 Å². The van der Waals surface area contributed by atoms with E-state index in [0.29, 0.717) is 55.8 Å². The van der Waals surface area contributed by atoms with Crippen LogP contribution in [-0.2, 0) is 4.74 Å². The number of fused-ring (bicyclic) bond motifs is 1. The number of aryl methyl sites for hydroxylation is 1. The van der Waals surface area contributed by atoms with E-state index in [9.17, 15) is 9.59 Å². The van der Waals surface area contributed by atoms with Crippen LogP contribution < -0.4 is 15.8 Å². The summed E-state index contributed by atoms with van der Waals surface area (Å²) in [6.45, 7) is 6.52. The fourth-order valence-corrected chi connectivity index (χ4v) is 5.24. The average Bonchev–Trinajstić information content (AvgIpc) is 3.46. The van der Waals surface area contributed by atoms with Gasteiger partial charge in [0.1, 0.15) is 11.5 Å². The molecule has 11 heteroatoms. The first kappa shape index (κ1) is 25.5. The van der Waals surface area contributed by atoms with E-state index < -0.39 is 6.09 Å². The minimum absolute atomic E-state index is 0.0621. The topological polar surface area (TPSA) is 126 Å². The van der Waals surface area contributed by atoms with Gasteiger partial charge in [-0.1, -0.05) is 12.8 Å². The molecule has 1 saturated carbocycles. The molecule has 11 nitrogen and oxygen atoms in total. The summed E-state index contributed by atoms with van der Waals surface area (Å²) in [5, 5.41) is 13.2. The summed E-state index contributed by atoms with van der Waals surface area (Å²) < 4.78 is 7.20. The minimum Gasteiger partial charge on any atom is -0.501 e. The lowest BCUT2D eigenvalue weighted by Crippen LogP contribution is -2.48. The lowest BCUT2D eigenvalue weighted by molar-refractivity contribution is 0.142. The van der Waals surface area contributed by atoms with Crippen molar-refractivity contribution in [3.05, 3.63) is 52.3 Å². The Morgan fingerprint density at radius 3 is 2.58 bits per heavy atom. The molecular weight excluding hydrogens is 486 g/mol. The van der Waals surface area contributed by atoms with Crippen molar-refractivity contribution in [2.75, 3.05) is 43.0 Å². The number of hydrogen-bond donors (Lipinski definition) is 2. The minimum atomic E-state index is -0.885. The Kier molecular flexibility index (Phi) is 7.43. The molecule has 5 rings (SSSR count). The highest BCUT2D eigenvalue weighted by atomic mass is 16.5. The summed E-state index contributed by atoms with van der Waals surface area (Å²) in [5.74, 6) is 0.955. The molecule has 4 heterocycles. The molecule has 38 heavy (non-hydrogen) atoms. The van der Waals surface area contributed by atoms with Crippen LogP contribution in [0.4, 0.5) is 22.2 Å². The maximum Gasteiger partial charge on any atom is 0.407 e. The third-order valence-electron chi connectivity index (χ3n) is 7.34. The first-order chi connectivity index (χ1) is 18.5. The summed E-state index contributed by atoms with van der Waals surface area (Å²) in [7, 11) is 0. The quantitative estimate of drug-likeness (QED) is 0.443. The second-order valence-corrected chi connectivity index (χ2v) is 9.62. The van der Waals surface area contributed by atoms with Crippen LogP contribution in [0.2, 0.25) is 0 Å². The third kappa shape index (κ3) is 5.13. The van der Waals surface area contributed by atoms with Gasteiger partial charge in [0, 0.05) is 49.4 Å². The molecule has 0 spiro atoms. The van der Waals surface area contributed by atoms with Gasteiger partial charge in [0.2, 0.25) is 5.95 Å². The van der Waals surface area contributed by atoms with E-state index >= 15 is 0 Å². The van der Waals surface area contributed by atoms with Gasteiger partial charge in [0.05, 0.1) is 24.8 Å². The third-order valence-corrected chi connectivity index (χ3v) is 7.34. The monoisotopic (exact) mass is 519 g/mol. The van der Waals surface area contributed by atoms with Crippen LogP contribution in [0.15, 0.2) is 35.6 Å². The Hall–Kier alpha value is -4.15. The summed E-state index contributed by atoms with van der Waals surface area (Å²) >= 11 is 0. The fraction of sp³-hybridized carbons (Fsp3) is 0.444. The van der Waals surface area contributed by atoms with Gasteiger partial charge in [-0.3, -0.25) is 9.36 Å². The van der Waals surface area contributed by atoms with E-state index in [1.54, 1.807) is 24.7 Å². The molecule has 0 atom stereocenters. The Morgan fingerprint density at radius 1 is 1.16 bits per heavy atom. The molecule has 1 amide bonds. The standard InChI is InChI=1S/C27H33N7O4/c1-3-38-15-10-21-18(2)22-17-29-26(31-24(22)34(25(21)35)19-6-4-5-7-19)30-23-9-8-20(16-28-23)32-11-13-33(14-12-32)27(36)37/h8-10,15-17,19H,3-7,11-14H2,1-2H3,(H,36,37)(H,28,29,30,31)/b15-10+. The number of nitrogens with one attached hydrogen (secondary N) is 1. The molecule has 1 aliphatic heterocycles. The normalized spacial score (nSPS) is 16.5. The second-order valence-electron chi connectivity index (χ2n) is 9.62. The maximum atomic E-state index is 13.6. The number of piperazine rings is 1. The first-order valence-corrected chi connectivity index (χ1v) is 13.1. The number of ether oxygens (including phenoxy) is 1. The van der Waals surface area contributed by atoms with Crippen molar-refractivity contribution in [1.29, 1.82) is 0 Å². The van der Waals surface area contributed by atoms with Crippen molar-refractivity contribution in [2.45, 2.75) is 45.6 Å². The van der Waals surface area contributed by atoms with Gasteiger partial charge < -0.3 is 25.0 Å². The maximum absolute atomic E-state index is 13.6. The number of nitrogens with zero attached hydrogens (tertiary/aromatic N) is 6. The summed E-state index contributed by atoms with van der Waals surface area (Å²) in [4.78, 5) is 42.1. The van der Waals surface area contributed by atoms with Crippen molar-refractivity contribution in [2.24, 2.45) is 0 Å². The van der Waals surface area contributed by atoms with Crippen LogP contribution in [-0.4, -0.2) is 68.4 Å². The summed E-state index contributed by atoms with van der Waals surface area (Å²) in [5.41, 5.74) is 2.92. The van der Waals surface area contributed by atoms with Gasteiger partial charge in [-0.15, -0.1) is 0 Å². The van der Waals surface area contributed by atoms with E-state index in [2.05, 4.69) is 20.2 Å². The highest BCUT2D eigenvalue weighted by molar-refractivity contribution is 5.83. The van der Waals surface area contributed by atoms with Crippen LogP contribution in [0.3, 0.4) is 0 Å². The molecule has 200 valence electrons. The van der Waals surface area contributed by atoms with Crippen LogP contribution in [0, 0.1) is 6.92 Å². The highest BCUT2D eigenvalue weighted by Gasteiger charge is 2.24. The number of amides is 1. The highest BCUT2D eigenvalue weighted by Crippen LogP contribution is 2.32. The molecule has 3 aromatic rings. The number of carbonyl (C=O) groups is 1. The molecule has 2 N–H and O–H groups in total. The van der Waals surface area contributed by atoms with E-state index in [1.165, 1.54) is 4.90 Å². The second kappa shape index (κ2) is 11.1. The summed E-state index contributed by atoms with van der Waals surface area (Å²) in [6, 6.07) is 3.90. The molecule has 1 saturated heterocycles. The summed E-state index contributed by atoms with van der Waals surface area (Å²) in [6.07, 6.45) is 10.0. The van der Waals surface area contributed by atoms with Crippen molar-refractivity contribution < 1.29 is 14.6 Å². The van der Waals surface area contributed by atoms with E-state index in [-0.39, 0.29) is 11.6 Å². The zero-order valence-corrected chi connectivity index (χ0v) is 21.8. The number of anilines is 3. The lowest BCUT2D eigenvalue weighted by Gasteiger charge is -2.34. The molecule has 2 aliphatic rings. The molecule has 1 aliphatic carbocycles. The average molecular weight is 520 g/mol. The zero-order chi connectivity index (χ0) is 26.6. The van der Waals surface area contributed by atoms with Crippen LogP contribution >= 0.6 is 0 Å².